The predicted octanol–water partition coefficient (Wildman–Crippen LogP) is 2.00. The van der Waals surface area contributed by atoms with Gasteiger partial charge in [-0.2, -0.15) is 0 Å². The number of para-hydroxylation sites is 1. The van der Waals surface area contributed by atoms with E-state index >= 15 is 0 Å². The maximum Gasteiger partial charge on any atom is 0.223 e. The molecular weight excluding hydrogens is 254 g/mol. The number of amides is 1. The van der Waals surface area contributed by atoms with Gasteiger partial charge in [0.1, 0.15) is 5.75 Å². The molecule has 1 N–H and O–H groups in total. The van der Waals surface area contributed by atoms with Gasteiger partial charge in [-0.25, -0.2) is 0 Å². The van der Waals surface area contributed by atoms with Crippen LogP contribution in [0.25, 0.3) is 0 Å². The Balaban J connectivity index is 1.94. The second-order valence-corrected chi connectivity index (χ2v) is 5.23. The largest absolute Gasteiger partial charge is 0.496 e. The lowest BCUT2D eigenvalue weighted by atomic mass is 10.0. The van der Waals surface area contributed by atoms with Crippen LogP contribution in [0.3, 0.4) is 0 Å². The second-order valence-electron chi connectivity index (χ2n) is 5.23. The molecule has 1 aliphatic rings. The average Bonchev–Trinajstić information content (AvgIpc) is 2.52. The van der Waals surface area contributed by atoms with Crippen molar-refractivity contribution < 1.29 is 14.6 Å². The van der Waals surface area contributed by atoms with Crippen LogP contribution in [0.1, 0.15) is 31.2 Å². The van der Waals surface area contributed by atoms with Gasteiger partial charge >= 0.3 is 0 Å². The molecule has 1 fully saturated rings. The fourth-order valence-corrected chi connectivity index (χ4v) is 2.81. The number of carbonyl (C=O) groups excluding carboxylic acids is 1. The van der Waals surface area contributed by atoms with Crippen molar-refractivity contribution in [1.29, 1.82) is 0 Å². The minimum absolute atomic E-state index is 0.00826. The molecule has 0 aromatic heterocycles. The third kappa shape index (κ3) is 3.51. The van der Waals surface area contributed by atoms with E-state index in [0.29, 0.717) is 12.8 Å². The Morgan fingerprint density at radius 3 is 2.95 bits per heavy atom. The molecule has 4 nitrogen and oxygen atoms in total. The van der Waals surface area contributed by atoms with Crippen molar-refractivity contribution in [3.8, 4) is 5.75 Å². The highest BCUT2D eigenvalue weighted by molar-refractivity contribution is 5.77. The number of piperidine rings is 1. The number of aliphatic hydroxyl groups excluding tert-OH is 1. The molecule has 1 unspecified atom stereocenters. The van der Waals surface area contributed by atoms with Crippen LogP contribution in [0.15, 0.2) is 24.3 Å². The molecule has 1 heterocycles. The van der Waals surface area contributed by atoms with Crippen molar-refractivity contribution in [3.05, 3.63) is 29.8 Å². The highest BCUT2D eigenvalue weighted by Crippen LogP contribution is 2.21. The van der Waals surface area contributed by atoms with Crippen molar-refractivity contribution >= 4 is 5.91 Å². The van der Waals surface area contributed by atoms with Gasteiger partial charge in [-0.3, -0.25) is 4.79 Å². The lowest BCUT2D eigenvalue weighted by Gasteiger charge is -2.34. The summed E-state index contributed by atoms with van der Waals surface area (Å²) in [5.41, 5.74) is 1.06. The first-order chi connectivity index (χ1) is 9.76. The predicted molar refractivity (Wildman–Crippen MR) is 77.8 cm³/mol. The molecule has 4 heteroatoms. The van der Waals surface area contributed by atoms with Crippen LogP contribution < -0.4 is 4.74 Å². The van der Waals surface area contributed by atoms with Gasteiger partial charge in [0.05, 0.1) is 19.8 Å². The standard InChI is InChI=1S/C16H23NO3/c1-20-15-8-3-2-6-13(15)9-10-16(19)17-11-5-4-7-14(17)12-18/h2-3,6,8,14,18H,4-5,7,9-12H2,1H3. The number of nitrogens with zero attached hydrogens (tertiary/aromatic N) is 1. The van der Waals surface area contributed by atoms with Gasteiger partial charge in [-0.05, 0) is 37.3 Å². The Hall–Kier alpha value is -1.55. The molecule has 20 heavy (non-hydrogen) atoms. The Kier molecular flexibility index (Phi) is 5.41. The van der Waals surface area contributed by atoms with Gasteiger partial charge in [0.2, 0.25) is 5.91 Å². The fraction of sp³-hybridized carbons (Fsp3) is 0.562. The number of aliphatic hydroxyl groups is 1. The lowest BCUT2D eigenvalue weighted by molar-refractivity contribution is -0.135. The lowest BCUT2D eigenvalue weighted by Crippen LogP contribution is -2.45. The Morgan fingerprint density at radius 2 is 2.20 bits per heavy atom. The Morgan fingerprint density at radius 1 is 1.40 bits per heavy atom. The maximum absolute atomic E-state index is 12.3. The molecule has 1 atom stereocenters. The summed E-state index contributed by atoms with van der Waals surface area (Å²) in [4.78, 5) is 14.2. The Bertz CT molecular complexity index is 447. The van der Waals surface area contributed by atoms with E-state index < -0.39 is 0 Å². The Labute approximate surface area is 120 Å². The molecule has 0 saturated carbocycles. The number of hydrogen-bond donors (Lipinski definition) is 1. The van der Waals surface area contributed by atoms with Crippen molar-refractivity contribution in [1.82, 2.24) is 4.90 Å². The van der Waals surface area contributed by atoms with E-state index in [2.05, 4.69) is 0 Å². The van der Waals surface area contributed by atoms with Crippen LogP contribution in [0.2, 0.25) is 0 Å². The van der Waals surface area contributed by atoms with E-state index in [1.54, 1.807) is 7.11 Å². The van der Waals surface area contributed by atoms with Crippen LogP contribution in [-0.2, 0) is 11.2 Å². The highest BCUT2D eigenvalue weighted by Gasteiger charge is 2.25. The van der Waals surface area contributed by atoms with Gasteiger partial charge in [-0.15, -0.1) is 0 Å². The van der Waals surface area contributed by atoms with Crippen molar-refractivity contribution in [2.24, 2.45) is 0 Å². The number of aryl methyl sites for hydroxylation is 1. The zero-order valence-corrected chi connectivity index (χ0v) is 12.0. The summed E-state index contributed by atoms with van der Waals surface area (Å²) in [6.07, 6.45) is 4.20. The van der Waals surface area contributed by atoms with Crippen molar-refractivity contribution in [2.45, 2.75) is 38.1 Å². The van der Waals surface area contributed by atoms with E-state index in [1.165, 1.54) is 0 Å². The molecule has 0 bridgehead atoms. The number of benzene rings is 1. The molecule has 0 radical (unpaired) electrons. The number of hydrogen-bond acceptors (Lipinski definition) is 3. The monoisotopic (exact) mass is 277 g/mol. The number of carbonyl (C=O) groups is 1. The summed E-state index contributed by atoms with van der Waals surface area (Å²) in [6, 6.07) is 7.80. The summed E-state index contributed by atoms with van der Waals surface area (Å²) in [7, 11) is 1.65. The minimum Gasteiger partial charge on any atom is -0.496 e. The van der Waals surface area contributed by atoms with Gasteiger partial charge in [-0.1, -0.05) is 18.2 Å². The number of ether oxygens (including phenoxy) is 1. The topological polar surface area (TPSA) is 49.8 Å². The normalized spacial score (nSPS) is 18.9. The van der Waals surface area contributed by atoms with E-state index in [4.69, 9.17) is 4.74 Å². The average molecular weight is 277 g/mol. The van der Waals surface area contributed by atoms with E-state index in [-0.39, 0.29) is 18.6 Å². The van der Waals surface area contributed by atoms with Crippen LogP contribution in [-0.4, -0.2) is 42.2 Å². The number of methoxy groups -OCH3 is 1. The van der Waals surface area contributed by atoms with Gasteiger partial charge < -0.3 is 14.7 Å². The summed E-state index contributed by atoms with van der Waals surface area (Å²) < 4.78 is 5.30. The summed E-state index contributed by atoms with van der Waals surface area (Å²) in [6.45, 7) is 0.844. The molecule has 1 aromatic rings. The van der Waals surface area contributed by atoms with Gasteiger partial charge in [0.25, 0.3) is 0 Å². The summed E-state index contributed by atoms with van der Waals surface area (Å²) in [5.74, 6) is 0.965. The molecule has 1 amide bonds. The van der Waals surface area contributed by atoms with Crippen molar-refractivity contribution in [3.63, 3.8) is 0 Å². The molecular formula is C16H23NO3. The third-order valence-electron chi connectivity index (χ3n) is 3.96. The highest BCUT2D eigenvalue weighted by atomic mass is 16.5. The molecule has 1 aromatic carbocycles. The van der Waals surface area contributed by atoms with E-state index in [9.17, 15) is 9.90 Å². The second kappa shape index (κ2) is 7.29. The molecule has 0 spiro atoms. The quantitative estimate of drug-likeness (QED) is 0.895. The third-order valence-corrected chi connectivity index (χ3v) is 3.96. The molecule has 1 aliphatic heterocycles. The SMILES string of the molecule is COc1ccccc1CCC(=O)N1CCCCC1CO. The minimum atomic E-state index is 0.00826. The zero-order chi connectivity index (χ0) is 14.4. The maximum atomic E-state index is 12.3. The summed E-state index contributed by atoms with van der Waals surface area (Å²) >= 11 is 0. The van der Waals surface area contributed by atoms with Crippen LogP contribution in [0.5, 0.6) is 5.75 Å². The first-order valence-electron chi connectivity index (χ1n) is 7.28. The molecule has 110 valence electrons. The smallest absolute Gasteiger partial charge is 0.223 e. The fourth-order valence-electron chi connectivity index (χ4n) is 2.81. The van der Waals surface area contributed by atoms with Crippen LogP contribution >= 0.6 is 0 Å². The molecule has 2 rings (SSSR count). The molecule has 0 aliphatic carbocycles. The van der Waals surface area contributed by atoms with Gasteiger partial charge in [0.15, 0.2) is 0 Å². The van der Waals surface area contributed by atoms with Crippen molar-refractivity contribution in [2.75, 3.05) is 20.3 Å². The first kappa shape index (κ1) is 14.9. The number of likely N-dealkylation sites (tertiary alicyclic amines) is 1. The van der Waals surface area contributed by atoms with E-state index in [1.807, 2.05) is 29.2 Å². The first-order valence-corrected chi connectivity index (χ1v) is 7.28. The molecule has 1 saturated heterocycles. The zero-order valence-electron chi connectivity index (χ0n) is 12.0. The number of rotatable bonds is 5. The summed E-state index contributed by atoms with van der Waals surface area (Å²) in [5, 5.41) is 9.36. The van der Waals surface area contributed by atoms with Crippen LogP contribution in [0.4, 0.5) is 0 Å². The van der Waals surface area contributed by atoms with Crippen LogP contribution in [0, 0.1) is 0 Å². The van der Waals surface area contributed by atoms with E-state index in [0.717, 1.165) is 37.1 Å². The van der Waals surface area contributed by atoms with Gasteiger partial charge in [0, 0.05) is 13.0 Å².